The van der Waals surface area contributed by atoms with Crippen molar-refractivity contribution in [1.82, 2.24) is 0 Å². The number of nitrogens with one attached hydrogen (secondary N) is 1. The lowest BCUT2D eigenvalue weighted by Gasteiger charge is -2.10. The van der Waals surface area contributed by atoms with E-state index in [1.54, 1.807) is 18.2 Å². The normalized spacial score (nSPS) is 10.0. The van der Waals surface area contributed by atoms with Gasteiger partial charge in [-0.1, -0.05) is 17.7 Å². The van der Waals surface area contributed by atoms with E-state index in [4.69, 9.17) is 16.9 Å². The van der Waals surface area contributed by atoms with Gasteiger partial charge in [-0.15, -0.1) is 0 Å². The number of aryl methyl sites for hydroxylation is 1. The van der Waals surface area contributed by atoms with Gasteiger partial charge in [-0.2, -0.15) is 5.26 Å². The van der Waals surface area contributed by atoms with Crippen molar-refractivity contribution >= 4 is 17.3 Å². The number of hydrogen-bond acceptors (Lipinski definition) is 2. The molecule has 0 amide bonds. The maximum Gasteiger partial charge on any atom is 0.147 e. The standard InChI is InChI=1S/C15H12ClFN2/c1-10-6-11(8-18)2-3-12(10)9-19-15-5-4-13(16)7-14(15)17/h2-7,19H,9H2,1H3. The molecule has 4 heteroatoms. The molecular formula is C15H12ClFN2. The van der Waals surface area contributed by atoms with E-state index in [1.807, 2.05) is 19.1 Å². The molecule has 0 fully saturated rings. The first-order valence-corrected chi connectivity index (χ1v) is 6.16. The first-order chi connectivity index (χ1) is 9.10. The fourth-order valence-electron chi connectivity index (χ4n) is 1.79. The van der Waals surface area contributed by atoms with Crippen LogP contribution in [0.1, 0.15) is 16.7 Å². The van der Waals surface area contributed by atoms with Crippen LogP contribution in [0.5, 0.6) is 0 Å². The zero-order chi connectivity index (χ0) is 13.8. The quantitative estimate of drug-likeness (QED) is 0.907. The summed E-state index contributed by atoms with van der Waals surface area (Å²) in [5, 5.41) is 12.2. The summed E-state index contributed by atoms with van der Waals surface area (Å²) in [5.41, 5.74) is 3.06. The molecule has 0 bridgehead atoms. The number of nitriles is 1. The monoisotopic (exact) mass is 274 g/mol. The van der Waals surface area contributed by atoms with Crippen molar-refractivity contribution in [2.24, 2.45) is 0 Å². The van der Waals surface area contributed by atoms with Crippen molar-refractivity contribution in [3.05, 3.63) is 63.9 Å². The van der Waals surface area contributed by atoms with Crippen molar-refractivity contribution < 1.29 is 4.39 Å². The van der Waals surface area contributed by atoms with E-state index in [9.17, 15) is 4.39 Å². The van der Waals surface area contributed by atoms with Gasteiger partial charge < -0.3 is 5.32 Å². The molecule has 0 heterocycles. The van der Waals surface area contributed by atoms with Crippen molar-refractivity contribution in [2.75, 3.05) is 5.32 Å². The Labute approximate surface area is 116 Å². The Kier molecular flexibility index (Phi) is 4.03. The van der Waals surface area contributed by atoms with Crippen molar-refractivity contribution in [2.45, 2.75) is 13.5 Å². The molecule has 96 valence electrons. The molecule has 2 aromatic carbocycles. The Bertz CT molecular complexity index is 647. The lowest BCUT2D eigenvalue weighted by molar-refractivity contribution is 0.630. The third-order valence-electron chi connectivity index (χ3n) is 2.87. The predicted octanol–water partition coefficient (Wildman–Crippen LogP) is 4.27. The summed E-state index contributed by atoms with van der Waals surface area (Å²) in [5.74, 6) is -0.376. The number of benzene rings is 2. The average molecular weight is 275 g/mol. The molecule has 0 spiro atoms. The Morgan fingerprint density at radius 2 is 2.05 bits per heavy atom. The van der Waals surface area contributed by atoms with Gasteiger partial charge in [0.05, 0.1) is 17.3 Å². The molecule has 1 N–H and O–H groups in total. The highest BCUT2D eigenvalue weighted by atomic mass is 35.5. The van der Waals surface area contributed by atoms with E-state index >= 15 is 0 Å². The van der Waals surface area contributed by atoms with Crippen molar-refractivity contribution in [1.29, 1.82) is 5.26 Å². The second-order valence-corrected chi connectivity index (χ2v) is 4.67. The molecule has 19 heavy (non-hydrogen) atoms. The van der Waals surface area contributed by atoms with Crippen LogP contribution in [-0.4, -0.2) is 0 Å². The molecule has 0 aromatic heterocycles. The number of hydrogen-bond donors (Lipinski definition) is 1. The Balaban J connectivity index is 2.13. The van der Waals surface area contributed by atoms with Gasteiger partial charge in [-0.05, 0) is 48.4 Å². The van der Waals surface area contributed by atoms with Crippen LogP contribution in [0.25, 0.3) is 0 Å². The zero-order valence-electron chi connectivity index (χ0n) is 10.4. The van der Waals surface area contributed by atoms with Gasteiger partial charge in [0.25, 0.3) is 0 Å². The topological polar surface area (TPSA) is 35.8 Å². The van der Waals surface area contributed by atoms with Crippen LogP contribution >= 0.6 is 11.6 Å². The summed E-state index contributed by atoms with van der Waals surface area (Å²) in [6, 6.07) is 12.0. The maximum absolute atomic E-state index is 13.6. The molecule has 0 radical (unpaired) electrons. The first-order valence-electron chi connectivity index (χ1n) is 5.78. The number of anilines is 1. The van der Waals surface area contributed by atoms with E-state index in [2.05, 4.69) is 11.4 Å². The van der Waals surface area contributed by atoms with Crippen LogP contribution in [0.15, 0.2) is 36.4 Å². The number of nitrogens with zero attached hydrogens (tertiary/aromatic N) is 1. The van der Waals surface area contributed by atoms with Crippen molar-refractivity contribution in [3.8, 4) is 6.07 Å². The number of halogens is 2. The summed E-state index contributed by atoms with van der Waals surface area (Å²) in [4.78, 5) is 0. The van der Waals surface area contributed by atoms with E-state index in [-0.39, 0.29) is 5.82 Å². The van der Waals surface area contributed by atoms with Gasteiger partial charge in [0.1, 0.15) is 5.82 Å². The van der Waals surface area contributed by atoms with Crippen LogP contribution < -0.4 is 5.32 Å². The Hall–Kier alpha value is -2.05. The molecule has 0 aliphatic rings. The van der Waals surface area contributed by atoms with E-state index in [0.717, 1.165) is 11.1 Å². The lowest BCUT2D eigenvalue weighted by Crippen LogP contribution is -2.03. The summed E-state index contributed by atoms with van der Waals surface area (Å²) in [6.45, 7) is 2.42. The van der Waals surface area contributed by atoms with Crippen LogP contribution in [0.3, 0.4) is 0 Å². The molecule has 0 saturated carbocycles. The molecule has 2 rings (SSSR count). The van der Waals surface area contributed by atoms with E-state index in [0.29, 0.717) is 22.8 Å². The van der Waals surface area contributed by atoms with E-state index in [1.165, 1.54) is 6.07 Å². The maximum atomic E-state index is 13.6. The minimum Gasteiger partial charge on any atom is -0.379 e. The highest BCUT2D eigenvalue weighted by Crippen LogP contribution is 2.20. The lowest BCUT2D eigenvalue weighted by atomic mass is 10.1. The Morgan fingerprint density at radius 3 is 2.68 bits per heavy atom. The minimum absolute atomic E-state index is 0.373. The summed E-state index contributed by atoms with van der Waals surface area (Å²) < 4.78 is 13.6. The second-order valence-electron chi connectivity index (χ2n) is 4.23. The minimum atomic E-state index is -0.376. The first kappa shape index (κ1) is 13.4. The van der Waals surface area contributed by atoms with Crippen molar-refractivity contribution in [3.63, 3.8) is 0 Å². The van der Waals surface area contributed by atoms with Gasteiger partial charge in [-0.3, -0.25) is 0 Å². The molecule has 0 unspecified atom stereocenters. The highest BCUT2D eigenvalue weighted by molar-refractivity contribution is 6.30. The average Bonchev–Trinajstić information content (AvgIpc) is 2.39. The molecule has 0 saturated heterocycles. The third kappa shape index (κ3) is 3.24. The molecule has 0 aliphatic carbocycles. The van der Waals surface area contributed by atoms with Gasteiger partial charge in [0.2, 0.25) is 0 Å². The van der Waals surface area contributed by atoms with Crippen LogP contribution in [0.4, 0.5) is 10.1 Å². The summed E-state index contributed by atoms with van der Waals surface area (Å²) >= 11 is 5.69. The molecular weight excluding hydrogens is 263 g/mol. The molecule has 2 aromatic rings. The largest absolute Gasteiger partial charge is 0.379 e. The Morgan fingerprint density at radius 1 is 1.26 bits per heavy atom. The SMILES string of the molecule is Cc1cc(C#N)ccc1CNc1ccc(Cl)cc1F. The van der Waals surface area contributed by atoms with Crippen LogP contribution in [0.2, 0.25) is 5.02 Å². The summed E-state index contributed by atoms with van der Waals surface area (Å²) in [7, 11) is 0. The van der Waals surface area contributed by atoms with Gasteiger partial charge in [-0.25, -0.2) is 4.39 Å². The zero-order valence-corrected chi connectivity index (χ0v) is 11.1. The third-order valence-corrected chi connectivity index (χ3v) is 3.11. The van der Waals surface area contributed by atoms with E-state index < -0.39 is 0 Å². The van der Waals surface area contributed by atoms with Gasteiger partial charge >= 0.3 is 0 Å². The molecule has 2 nitrogen and oxygen atoms in total. The smallest absolute Gasteiger partial charge is 0.147 e. The highest BCUT2D eigenvalue weighted by Gasteiger charge is 2.04. The fraction of sp³-hybridized carbons (Fsp3) is 0.133. The molecule has 0 aliphatic heterocycles. The van der Waals surface area contributed by atoms with Gasteiger partial charge in [0.15, 0.2) is 0 Å². The number of rotatable bonds is 3. The van der Waals surface area contributed by atoms with Gasteiger partial charge in [0, 0.05) is 11.6 Å². The van der Waals surface area contributed by atoms with Crippen LogP contribution in [-0.2, 0) is 6.54 Å². The summed E-state index contributed by atoms with van der Waals surface area (Å²) in [6.07, 6.45) is 0. The van der Waals surface area contributed by atoms with Crippen LogP contribution in [0, 0.1) is 24.1 Å². The predicted molar refractivity (Wildman–Crippen MR) is 74.6 cm³/mol. The fourth-order valence-corrected chi connectivity index (χ4v) is 1.95. The molecule has 0 atom stereocenters. The second kappa shape index (κ2) is 5.73.